The van der Waals surface area contributed by atoms with E-state index in [1.807, 2.05) is 7.05 Å². The molecular weight excluding hydrogens is 399 g/mol. The first-order chi connectivity index (χ1) is 10.8. The van der Waals surface area contributed by atoms with Gasteiger partial charge in [-0.2, -0.15) is 0 Å². The smallest absolute Gasteiger partial charge is 0.191 e. The van der Waals surface area contributed by atoms with Crippen molar-refractivity contribution in [3.8, 4) is 0 Å². The average molecular weight is 424 g/mol. The van der Waals surface area contributed by atoms with Crippen LogP contribution in [0.1, 0.15) is 30.4 Å². The quantitative estimate of drug-likeness (QED) is 0.440. The van der Waals surface area contributed by atoms with E-state index in [9.17, 15) is 0 Å². The number of nitrogens with one attached hydrogen (secondary N) is 2. The van der Waals surface area contributed by atoms with Crippen molar-refractivity contribution in [1.29, 1.82) is 0 Å². The van der Waals surface area contributed by atoms with Crippen LogP contribution in [0.4, 0.5) is 0 Å². The summed E-state index contributed by atoms with van der Waals surface area (Å²) in [5.41, 5.74) is 2.65. The van der Waals surface area contributed by atoms with Crippen molar-refractivity contribution in [3.63, 3.8) is 0 Å². The number of benzene rings is 1. The molecule has 2 atom stereocenters. The molecule has 0 bridgehead atoms. The largest absolute Gasteiger partial charge is 0.357 e. The summed E-state index contributed by atoms with van der Waals surface area (Å²) in [4.78, 5) is 4.69. The zero-order valence-electron chi connectivity index (χ0n) is 13.7. The van der Waals surface area contributed by atoms with Crippen molar-refractivity contribution in [1.82, 2.24) is 15.2 Å². The number of aryl methyl sites for hydroxylation is 1. The maximum atomic E-state index is 4.69. The minimum absolute atomic E-state index is 0. The van der Waals surface area contributed by atoms with Gasteiger partial charge < -0.3 is 15.2 Å². The zero-order chi connectivity index (χ0) is 15.4. The van der Waals surface area contributed by atoms with E-state index >= 15 is 0 Å². The van der Waals surface area contributed by atoms with E-state index in [0.717, 1.165) is 12.5 Å². The minimum Gasteiger partial charge on any atom is -0.357 e. The molecule has 0 spiro atoms. The second-order valence-electron chi connectivity index (χ2n) is 5.88. The van der Waals surface area contributed by atoms with Crippen molar-refractivity contribution in [2.75, 3.05) is 6.54 Å². The van der Waals surface area contributed by atoms with Crippen molar-refractivity contribution >= 4 is 29.9 Å². The number of hydrogen-bond acceptors (Lipinski definition) is 1. The van der Waals surface area contributed by atoms with Crippen LogP contribution in [0.5, 0.6) is 0 Å². The van der Waals surface area contributed by atoms with Crippen molar-refractivity contribution in [3.05, 3.63) is 59.9 Å². The highest BCUT2D eigenvalue weighted by Crippen LogP contribution is 2.40. The highest BCUT2D eigenvalue weighted by Gasteiger charge is 2.38. The van der Waals surface area contributed by atoms with Gasteiger partial charge in [-0.15, -0.1) is 24.0 Å². The van der Waals surface area contributed by atoms with Gasteiger partial charge in [-0.05, 0) is 30.5 Å². The standard InChI is InChI=1S/C18H24N4.HI/c1-3-19-18(20-12-14-9-10-22(2)13-14)21-17-11-16(17)15-7-5-4-6-8-15;/h4-10,13,16-17H,3,11-12H2,1-2H3,(H2,19,20,21);1H. The van der Waals surface area contributed by atoms with Crippen LogP contribution in [-0.4, -0.2) is 23.1 Å². The van der Waals surface area contributed by atoms with Crippen LogP contribution in [0.2, 0.25) is 0 Å². The van der Waals surface area contributed by atoms with E-state index in [1.54, 1.807) is 0 Å². The van der Waals surface area contributed by atoms with E-state index in [4.69, 9.17) is 0 Å². The summed E-state index contributed by atoms with van der Waals surface area (Å²) in [6.45, 7) is 3.68. The van der Waals surface area contributed by atoms with Crippen LogP contribution in [0, 0.1) is 0 Å². The molecule has 3 rings (SSSR count). The third-order valence-electron chi connectivity index (χ3n) is 4.00. The number of rotatable bonds is 5. The molecular formula is C18H25IN4. The second kappa shape index (κ2) is 8.38. The Balaban J connectivity index is 0.00000192. The Bertz CT molecular complexity index is 635. The number of guanidine groups is 1. The molecule has 2 unspecified atom stereocenters. The molecule has 0 amide bonds. The van der Waals surface area contributed by atoms with Crippen molar-refractivity contribution < 1.29 is 0 Å². The van der Waals surface area contributed by atoms with Crippen LogP contribution in [0.25, 0.3) is 0 Å². The normalized spacial score (nSPS) is 19.8. The van der Waals surface area contributed by atoms with E-state index in [1.165, 1.54) is 17.5 Å². The van der Waals surface area contributed by atoms with E-state index < -0.39 is 0 Å². The van der Waals surface area contributed by atoms with E-state index in [0.29, 0.717) is 18.5 Å². The Kier molecular flexibility index (Phi) is 6.50. The van der Waals surface area contributed by atoms with Gasteiger partial charge in [0.05, 0.1) is 6.54 Å². The van der Waals surface area contributed by atoms with Gasteiger partial charge in [-0.1, -0.05) is 30.3 Å². The third kappa shape index (κ3) is 4.99. The first-order valence-electron chi connectivity index (χ1n) is 7.97. The van der Waals surface area contributed by atoms with E-state index in [2.05, 4.69) is 75.9 Å². The maximum absolute atomic E-state index is 4.69. The molecule has 2 aromatic rings. The highest BCUT2D eigenvalue weighted by atomic mass is 127. The van der Waals surface area contributed by atoms with Crippen LogP contribution in [-0.2, 0) is 13.6 Å². The number of aliphatic imine (C=N–C) groups is 1. The minimum atomic E-state index is 0. The fraction of sp³-hybridized carbons (Fsp3) is 0.389. The molecule has 5 heteroatoms. The van der Waals surface area contributed by atoms with Crippen LogP contribution < -0.4 is 10.6 Å². The molecule has 124 valence electrons. The molecule has 1 aromatic carbocycles. The van der Waals surface area contributed by atoms with Gasteiger partial charge in [-0.25, -0.2) is 4.99 Å². The van der Waals surface area contributed by atoms with Crippen molar-refractivity contribution in [2.24, 2.45) is 12.0 Å². The van der Waals surface area contributed by atoms with E-state index in [-0.39, 0.29) is 24.0 Å². The molecule has 1 fully saturated rings. The van der Waals surface area contributed by atoms with Gasteiger partial charge in [0.15, 0.2) is 5.96 Å². The molecule has 1 saturated carbocycles. The Morgan fingerprint density at radius 3 is 2.70 bits per heavy atom. The zero-order valence-corrected chi connectivity index (χ0v) is 16.0. The molecule has 1 aromatic heterocycles. The lowest BCUT2D eigenvalue weighted by Crippen LogP contribution is -2.39. The number of halogens is 1. The molecule has 0 aliphatic heterocycles. The summed E-state index contributed by atoms with van der Waals surface area (Å²) in [7, 11) is 2.03. The summed E-state index contributed by atoms with van der Waals surface area (Å²) in [5, 5.41) is 6.88. The molecule has 23 heavy (non-hydrogen) atoms. The van der Waals surface area contributed by atoms with Crippen LogP contribution in [0.3, 0.4) is 0 Å². The molecule has 2 N–H and O–H groups in total. The average Bonchev–Trinajstić information content (AvgIpc) is 3.18. The first kappa shape index (κ1) is 17.8. The number of aromatic nitrogens is 1. The summed E-state index contributed by atoms with van der Waals surface area (Å²) in [5.74, 6) is 1.52. The second-order valence-corrected chi connectivity index (χ2v) is 5.88. The summed E-state index contributed by atoms with van der Waals surface area (Å²) >= 11 is 0. The molecule has 4 nitrogen and oxygen atoms in total. The lowest BCUT2D eigenvalue weighted by Gasteiger charge is -2.11. The SMILES string of the molecule is CCNC(=NCc1ccn(C)c1)NC1CC1c1ccccc1.I. The van der Waals surface area contributed by atoms with Gasteiger partial charge in [-0.3, -0.25) is 0 Å². The molecule has 0 radical (unpaired) electrons. The third-order valence-corrected chi connectivity index (χ3v) is 4.00. The Morgan fingerprint density at radius 1 is 1.26 bits per heavy atom. The molecule has 0 saturated heterocycles. The van der Waals surface area contributed by atoms with Crippen molar-refractivity contribution in [2.45, 2.75) is 31.8 Å². The number of hydrogen-bond donors (Lipinski definition) is 2. The Morgan fingerprint density at radius 2 is 2.04 bits per heavy atom. The summed E-state index contributed by atoms with van der Waals surface area (Å²) in [6.07, 6.45) is 5.34. The highest BCUT2D eigenvalue weighted by molar-refractivity contribution is 14.0. The number of nitrogens with zero attached hydrogens (tertiary/aromatic N) is 2. The van der Waals surface area contributed by atoms with Gasteiger partial charge in [0, 0.05) is 37.9 Å². The topological polar surface area (TPSA) is 41.4 Å². The van der Waals surface area contributed by atoms with Gasteiger partial charge in [0.1, 0.15) is 0 Å². The fourth-order valence-electron chi connectivity index (χ4n) is 2.74. The van der Waals surface area contributed by atoms with Crippen LogP contribution in [0.15, 0.2) is 53.8 Å². The molecule has 1 aliphatic rings. The lowest BCUT2D eigenvalue weighted by atomic mass is 10.1. The monoisotopic (exact) mass is 424 g/mol. The predicted octanol–water partition coefficient (Wildman–Crippen LogP) is 3.25. The lowest BCUT2D eigenvalue weighted by molar-refractivity contribution is 0.794. The molecule has 1 aliphatic carbocycles. The van der Waals surface area contributed by atoms with Gasteiger partial charge in [0.25, 0.3) is 0 Å². The summed E-state index contributed by atoms with van der Waals surface area (Å²) < 4.78 is 2.05. The van der Waals surface area contributed by atoms with Crippen LogP contribution >= 0.6 is 24.0 Å². The van der Waals surface area contributed by atoms with Gasteiger partial charge >= 0.3 is 0 Å². The Labute approximate surface area is 155 Å². The Hall–Kier alpha value is -1.50. The first-order valence-corrected chi connectivity index (χ1v) is 7.97. The summed E-state index contributed by atoms with van der Waals surface area (Å²) in [6, 6.07) is 13.3. The maximum Gasteiger partial charge on any atom is 0.191 e. The fourth-order valence-corrected chi connectivity index (χ4v) is 2.74. The molecule has 1 heterocycles. The predicted molar refractivity (Wildman–Crippen MR) is 106 cm³/mol. The van der Waals surface area contributed by atoms with Gasteiger partial charge in [0.2, 0.25) is 0 Å².